The van der Waals surface area contributed by atoms with Gasteiger partial charge in [-0.3, -0.25) is 4.79 Å². The van der Waals surface area contributed by atoms with Crippen LogP contribution < -0.4 is 0 Å². The van der Waals surface area contributed by atoms with Crippen LogP contribution in [0.2, 0.25) is 0 Å². The number of aliphatic hydroxyl groups is 2. The van der Waals surface area contributed by atoms with Crippen molar-refractivity contribution in [2.75, 3.05) is 13.5 Å². The van der Waals surface area contributed by atoms with Crippen LogP contribution in [0.1, 0.15) is 6.92 Å². The number of nitrogens with zero attached hydrogens (tertiary/aromatic N) is 1. The van der Waals surface area contributed by atoms with Gasteiger partial charge in [0.1, 0.15) is 6.04 Å². The first-order chi connectivity index (χ1) is 4.63. The summed E-state index contributed by atoms with van der Waals surface area (Å²) >= 11 is 0. The minimum absolute atomic E-state index is 0.454. The molecular formula is C5H11NO4. The van der Waals surface area contributed by atoms with Gasteiger partial charge < -0.3 is 15.3 Å². The molecule has 0 aliphatic carbocycles. The third kappa shape index (κ3) is 2.30. The number of carboxylic acid groups (broad SMARTS) is 1. The highest BCUT2D eigenvalue weighted by atomic mass is 16.4. The molecule has 0 heterocycles. The second-order valence-corrected chi connectivity index (χ2v) is 1.89. The first-order valence-electron chi connectivity index (χ1n) is 2.82. The average molecular weight is 149 g/mol. The summed E-state index contributed by atoms with van der Waals surface area (Å²) in [5.41, 5.74) is 0. The Bertz CT molecular complexity index is 112. The largest absolute Gasteiger partial charge is 0.480 e. The van der Waals surface area contributed by atoms with Crippen LogP contribution in [-0.2, 0) is 4.79 Å². The zero-order valence-corrected chi connectivity index (χ0v) is 5.69. The molecule has 0 fully saturated rings. The van der Waals surface area contributed by atoms with Crippen LogP contribution in [0.4, 0.5) is 0 Å². The number of hydrogen-bond donors (Lipinski definition) is 3. The van der Waals surface area contributed by atoms with Crippen LogP contribution in [-0.4, -0.2) is 45.7 Å². The summed E-state index contributed by atoms with van der Waals surface area (Å²) in [6, 6.07) is -0.852. The second-order valence-electron chi connectivity index (χ2n) is 1.89. The molecule has 0 aliphatic heterocycles. The van der Waals surface area contributed by atoms with Crippen molar-refractivity contribution in [3.63, 3.8) is 0 Å². The fourth-order valence-corrected chi connectivity index (χ4v) is 0.446. The highest BCUT2D eigenvalue weighted by Gasteiger charge is 2.17. The average Bonchev–Trinajstić information content (AvgIpc) is 1.90. The molecule has 0 aromatic heterocycles. The van der Waals surface area contributed by atoms with Gasteiger partial charge in [-0.1, -0.05) is 0 Å². The van der Waals surface area contributed by atoms with E-state index >= 15 is 0 Å². The maximum absolute atomic E-state index is 10.2. The predicted molar refractivity (Wildman–Crippen MR) is 33.1 cm³/mol. The quantitative estimate of drug-likeness (QED) is 0.431. The maximum Gasteiger partial charge on any atom is 0.320 e. The number of carboxylic acids is 1. The molecule has 0 saturated heterocycles. The van der Waals surface area contributed by atoms with E-state index in [-0.39, 0.29) is 0 Å². The van der Waals surface area contributed by atoms with Gasteiger partial charge in [0.15, 0.2) is 0 Å². The summed E-state index contributed by atoms with van der Waals surface area (Å²) < 4.78 is 0. The fraction of sp³-hybridized carbons (Fsp3) is 0.800. The summed E-state index contributed by atoms with van der Waals surface area (Å²) in [4.78, 5) is 11.2. The van der Waals surface area contributed by atoms with E-state index in [9.17, 15) is 4.79 Å². The van der Waals surface area contributed by atoms with Gasteiger partial charge in [0.25, 0.3) is 0 Å². The Morgan fingerprint density at radius 3 is 2.00 bits per heavy atom. The summed E-state index contributed by atoms with van der Waals surface area (Å²) in [6.07, 6.45) is 0. The Hall–Kier alpha value is -0.650. The van der Waals surface area contributed by atoms with E-state index in [1.807, 2.05) is 0 Å². The Balaban J connectivity index is 3.88. The third-order valence-corrected chi connectivity index (χ3v) is 1.27. The van der Waals surface area contributed by atoms with Crippen LogP contribution >= 0.6 is 0 Å². The Morgan fingerprint density at radius 1 is 1.50 bits per heavy atom. The van der Waals surface area contributed by atoms with E-state index in [1.54, 1.807) is 0 Å². The van der Waals surface area contributed by atoms with Gasteiger partial charge in [0.05, 0.1) is 13.5 Å². The molecule has 0 bridgehead atoms. The molecule has 5 heteroatoms. The summed E-state index contributed by atoms with van der Waals surface area (Å²) in [6.45, 7) is 0.475. The van der Waals surface area contributed by atoms with Crippen molar-refractivity contribution in [3.8, 4) is 0 Å². The lowest BCUT2D eigenvalue weighted by Crippen LogP contribution is -2.40. The monoisotopic (exact) mass is 149 g/mol. The molecule has 0 radical (unpaired) electrons. The predicted octanol–water partition coefficient (Wildman–Crippen LogP) is -1.34. The molecule has 60 valence electrons. The maximum atomic E-state index is 10.2. The molecule has 0 aromatic rings. The lowest BCUT2D eigenvalue weighted by molar-refractivity contribution is -0.146. The molecule has 5 nitrogen and oxygen atoms in total. The molecule has 0 aliphatic rings. The minimum Gasteiger partial charge on any atom is -0.480 e. The Kier molecular flexibility index (Phi) is 3.94. The first kappa shape index (κ1) is 9.35. The van der Waals surface area contributed by atoms with Crippen molar-refractivity contribution in [3.05, 3.63) is 0 Å². The topological polar surface area (TPSA) is 81.0 Å². The van der Waals surface area contributed by atoms with Crippen LogP contribution in [0.15, 0.2) is 0 Å². The van der Waals surface area contributed by atoms with Gasteiger partial charge in [0.2, 0.25) is 0 Å². The Labute approximate surface area is 58.5 Å². The summed E-state index contributed by atoms with van der Waals surface area (Å²) in [5.74, 6) is -1.07. The van der Waals surface area contributed by atoms with Gasteiger partial charge in [0, 0.05) is 0 Å². The molecule has 10 heavy (non-hydrogen) atoms. The van der Waals surface area contributed by atoms with E-state index < -0.39 is 25.5 Å². The molecule has 3 N–H and O–H groups in total. The van der Waals surface area contributed by atoms with Crippen molar-refractivity contribution >= 4 is 5.97 Å². The van der Waals surface area contributed by atoms with E-state index in [1.165, 1.54) is 6.92 Å². The van der Waals surface area contributed by atoms with Crippen molar-refractivity contribution in [2.24, 2.45) is 0 Å². The molecule has 1 atom stereocenters. The highest BCUT2D eigenvalue weighted by molar-refractivity contribution is 5.72. The normalized spacial score (nSPS) is 13.6. The fourth-order valence-electron chi connectivity index (χ4n) is 0.446. The zero-order chi connectivity index (χ0) is 8.15. The van der Waals surface area contributed by atoms with E-state index in [2.05, 4.69) is 0 Å². The summed E-state index contributed by atoms with van der Waals surface area (Å²) in [5, 5.41) is 25.2. The molecule has 0 unspecified atom stereocenters. The van der Waals surface area contributed by atoms with Gasteiger partial charge in [-0.2, -0.15) is 0 Å². The highest BCUT2D eigenvalue weighted by Crippen LogP contribution is 1.94. The van der Waals surface area contributed by atoms with Crippen molar-refractivity contribution < 1.29 is 20.1 Å². The minimum atomic E-state index is -1.07. The van der Waals surface area contributed by atoms with Crippen molar-refractivity contribution in [1.82, 2.24) is 4.90 Å². The molecule has 0 rings (SSSR count). The van der Waals surface area contributed by atoms with Crippen molar-refractivity contribution in [1.29, 1.82) is 0 Å². The van der Waals surface area contributed by atoms with Gasteiger partial charge >= 0.3 is 5.97 Å². The SMILES string of the molecule is C[C@@H](C(=O)O)N(CO)CO. The summed E-state index contributed by atoms with van der Waals surface area (Å²) in [7, 11) is 0. The third-order valence-electron chi connectivity index (χ3n) is 1.27. The van der Waals surface area contributed by atoms with Crippen LogP contribution in [0.5, 0.6) is 0 Å². The number of hydrogen-bond acceptors (Lipinski definition) is 4. The van der Waals surface area contributed by atoms with Crippen LogP contribution in [0.3, 0.4) is 0 Å². The van der Waals surface area contributed by atoms with E-state index in [0.717, 1.165) is 4.90 Å². The molecule has 0 spiro atoms. The number of rotatable bonds is 4. The first-order valence-corrected chi connectivity index (χ1v) is 2.82. The van der Waals surface area contributed by atoms with Crippen LogP contribution in [0.25, 0.3) is 0 Å². The number of aliphatic carboxylic acids is 1. The molecular weight excluding hydrogens is 138 g/mol. The van der Waals surface area contributed by atoms with Crippen molar-refractivity contribution in [2.45, 2.75) is 13.0 Å². The van der Waals surface area contributed by atoms with Gasteiger partial charge in [-0.05, 0) is 6.92 Å². The smallest absolute Gasteiger partial charge is 0.320 e. The zero-order valence-electron chi connectivity index (χ0n) is 5.69. The number of carbonyl (C=O) groups is 1. The van der Waals surface area contributed by atoms with E-state index in [4.69, 9.17) is 15.3 Å². The Morgan fingerprint density at radius 2 is 1.90 bits per heavy atom. The number of aliphatic hydroxyl groups excluding tert-OH is 2. The lowest BCUT2D eigenvalue weighted by atomic mass is 10.3. The standard InChI is InChI=1S/C5H11NO4/c1-4(5(9)10)6(2-7)3-8/h4,7-8H,2-3H2,1H3,(H,9,10)/t4-/m0/s1. The van der Waals surface area contributed by atoms with Crippen LogP contribution in [0, 0.1) is 0 Å². The van der Waals surface area contributed by atoms with E-state index in [0.29, 0.717) is 0 Å². The molecule has 0 aromatic carbocycles. The van der Waals surface area contributed by atoms with Gasteiger partial charge in [-0.25, -0.2) is 4.90 Å². The lowest BCUT2D eigenvalue weighted by Gasteiger charge is -2.19. The molecule has 0 amide bonds. The molecule has 0 saturated carbocycles. The second kappa shape index (κ2) is 4.21. The van der Waals surface area contributed by atoms with Gasteiger partial charge in [-0.15, -0.1) is 0 Å².